The van der Waals surface area contributed by atoms with Crippen LogP contribution in [-0.4, -0.2) is 25.5 Å². The molecule has 138 valence electrons. The zero-order valence-electron chi connectivity index (χ0n) is 13.7. The van der Waals surface area contributed by atoms with Crippen LogP contribution in [0.5, 0.6) is 0 Å². The second kappa shape index (κ2) is 8.84. The number of amides is 1. The van der Waals surface area contributed by atoms with Crippen molar-refractivity contribution < 1.29 is 22.4 Å². The Morgan fingerprint density at radius 2 is 1.81 bits per heavy atom. The van der Waals surface area contributed by atoms with E-state index in [4.69, 9.17) is 0 Å². The number of benzene rings is 2. The van der Waals surface area contributed by atoms with Crippen LogP contribution < -0.4 is 16.0 Å². The molecule has 0 unspecified atom stereocenters. The van der Waals surface area contributed by atoms with Crippen LogP contribution in [0.1, 0.15) is 5.56 Å². The molecule has 0 aromatic heterocycles. The minimum Gasteiger partial charge on any atom is -0.352 e. The molecule has 0 aliphatic carbocycles. The van der Waals surface area contributed by atoms with Crippen LogP contribution in [0.15, 0.2) is 41.4 Å². The Morgan fingerprint density at radius 1 is 1.04 bits per heavy atom. The number of rotatable bonds is 5. The topological polar surface area (TPSA) is 65.5 Å². The van der Waals surface area contributed by atoms with Gasteiger partial charge in [-0.25, -0.2) is 17.6 Å². The highest BCUT2D eigenvalue weighted by atomic mass is 19.2. The quantitative estimate of drug-likeness (QED) is 0.329. The predicted molar refractivity (Wildman–Crippen MR) is 89.5 cm³/mol. The molecule has 0 bridgehead atoms. The molecule has 26 heavy (non-hydrogen) atoms. The summed E-state index contributed by atoms with van der Waals surface area (Å²) in [4.78, 5) is 15.7. The number of aliphatic imine (C=N–C) groups is 1. The molecule has 2 rings (SSSR count). The molecule has 9 heteroatoms. The maximum absolute atomic E-state index is 13.5. The predicted octanol–water partition coefficient (Wildman–Crippen LogP) is 2.55. The minimum atomic E-state index is -1.66. The number of hydrogen-bond acceptors (Lipinski definition) is 2. The van der Waals surface area contributed by atoms with E-state index in [0.717, 1.165) is 6.07 Å². The van der Waals surface area contributed by atoms with Gasteiger partial charge in [-0.3, -0.25) is 9.79 Å². The maximum Gasteiger partial charge on any atom is 0.243 e. The van der Waals surface area contributed by atoms with Gasteiger partial charge in [-0.1, -0.05) is 12.1 Å². The zero-order valence-corrected chi connectivity index (χ0v) is 13.7. The van der Waals surface area contributed by atoms with Gasteiger partial charge in [0.25, 0.3) is 0 Å². The fourth-order valence-corrected chi connectivity index (χ4v) is 2.03. The minimum absolute atomic E-state index is 0.246. The lowest BCUT2D eigenvalue weighted by Gasteiger charge is -2.12. The van der Waals surface area contributed by atoms with E-state index in [9.17, 15) is 22.4 Å². The van der Waals surface area contributed by atoms with E-state index in [-0.39, 0.29) is 24.9 Å². The van der Waals surface area contributed by atoms with Crippen LogP contribution in [0.3, 0.4) is 0 Å². The lowest BCUT2D eigenvalue weighted by Crippen LogP contribution is -2.41. The summed E-state index contributed by atoms with van der Waals surface area (Å²) in [6, 6.07) is 7.56. The molecule has 1 amide bonds. The van der Waals surface area contributed by atoms with Gasteiger partial charge in [0.05, 0.1) is 12.2 Å². The van der Waals surface area contributed by atoms with E-state index < -0.39 is 29.0 Å². The molecule has 2 aromatic rings. The fraction of sp³-hybridized carbons (Fsp3) is 0.176. The van der Waals surface area contributed by atoms with E-state index in [1.807, 2.05) is 0 Å². The van der Waals surface area contributed by atoms with Gasteiger partial charge in [-0.05, 0) is 29.8 Å². The summed E-state index contributed by atoms with van der Waals surface area (Å²) in [5.41, 5.74) is 0.194. The number of guanidine groups is 1. The molecule has 2 aromatic carbocycles. The summed E-state index contributed by atoms with van der Waals surface area (Å²) in [5.74, 6) is -5.31. The first-order chi connectivity index (χ1) is 12.4. The number of halogens is 4. The van der Waals surface area contributed by atoms with Crippen LogP contribution in [0.4, 0.5) is 23.2 Å². The van der Waals surface area contributed by atoms with Crippen molar-refractivity contribution in [3.8, 4) is 0 Å². The van der Waals surface area contributed by atoms with E-state index in [0.29, 0.717) is 11.6 Å². The number of carbonyl (C=O) groups excluding carboxylic acids is 1. The van der Waals surface area contributed by atoms with Gasteiger partial charge in [0.15, 0.2) is 23.4 Å². The largest absolute Gasteiger partial charge is 0.352 e. The summed E-state index contributed by atoms with van der Waals surface area (Å²) in [5, 5.41) is 7.65. The van der Waals surface area contributed by atoms with Gasteiger partial charge in [0, 0.05) is 13.6 Å². The molecular formula is C17H16F4N4O. The average molecular weight is 368 g/mol. The second-order valence-electron chi connectivity index (χ2n) is 5.18. The van der Waals surface area contributed by atoms with Crippen molar-refractivity contribution >= 4 is 17.6 Å². The third kappa shape index (κ3) is 5.20. The summed E-state index contributed by atoms with van der Waals surface area (Å²) in [6.07, 6.45) is 0. The first kappa shape index (κ1) is 19.2. The Balaban J connectivity index is 1.86. The van der Waals surface area contributed by atoms with Gasteiger partial charge in [0.2, 0.25) is 5.91 Å². The summed E-state index contributed by atoms with van der Waals surface area (Å²) in [7, 11) is 1.47. The lowest BCUT2D eigenvalue weighted by molar-refractivity contribution is -0.115. The Morgan fingerprint density at radius 3 is 2.50 bits per heavy atom. The Bertz CT molecular complexity index is 826. The molecule has 0 saturated heterocycles. The lowest BCUT2D eigenvalue weighted by atomic mass is 10.2. The van der Waals surface area contributed by atoms with E-state index in [1.54, 1.807) is 12.1 Å². The fourth-order valence-electron chi connectivity index (χ4n) is 2.03. The van der Waals surface area contributed by atoms with Gasteiger partial charge >= 0.3 is 0 Å². The van der Waals surface area contributed by atoms with Crippen molar-refractivity contribution in [2.75, 3.05) is 18.9 Å². The van der Waals surface area contributed by atoms with Gasteiger partial charge in [-0.2, -0.15) is 0 Å². The Labute approximate surface area is 147 Å². The average Bonchev–Trinajstić information content (AvgIpc) is 2.62. The molecule has 5 nitrogen and oxygen atoms in total. The number of anilines is 1. The van der Waals surface area contributed by atoms with Crippen LogP contribution in [0.25, 0.3) is 0 Å². The molecule has 0 radical (unpaired) electrons. The molecule has 0 heterocycles. The van der Waals surface area contributed by atoms with Crippen LogP contribution in [0, 0.1) is 23.3 Å². The van der Waals surface area contributed by atoms with Crippen molar-refractivity contribution in [3.63, 3.8) is 0 Å². The van der Waals surface area contributed by atoms with Crippen LogP contribution >= 0.6 is 0 Å². The Kier molecular flexibility index (Phi) is 6.54. The molecule has 0 spiro atoms. The molecule has 0 saturated carbocycles. The first-order valence-corrected chi connectivity index (χ1v) is 7.53. The highest BCUT2D eigenvalue weighted by Gasteiger charge is 2.15. The van der Waals surface area contributed by atoms with Crippen molar-refractivity contribution in [1.29, 1.82) is 0 Å². The summed E-state index contributed by atoms with van der Waals surface area (Å²) < 4.78 is 52.6. The normalized spacial score (nSPS) is 11.2. The third-order valence-electron chi connectivity index (χ3n) is 3.30. The highest BCUT2D eigenvalue weighted by Crippen LogP contribution is 2.19. The van der Waals surface area contributed by atoms with Crippen molar-refractivity contribution in [1.82, 2.24) is 10.6 Å². The number of nitrogens with one attached hydrogen (secondary N) is 3. The van der Waals surface area contributed by atoms with Gasteiger partial charge in [0.1, 0.15) is 5.82 Å². The molecule has 0 atom stereocenters. The molecule has 3 N–H and O–H groups in total. The molecule has 0 fully saturated rings. The second-order valence-corrected chi connectivity index (χ2v) is 5.18. The molecule has 0 aliphatic heterocycles. The Hall–Kier alpha value is -3.10. The van der Waals surface area contributed by atoms with Gasteiger partial charge in [-0.15, -0.1) is 0 Å². The van der Waals surface area contributed by atoms with Crippen molar-refractivity contribution in [3.05, 3.63) is 65.2 Å². The molecule has 0 aliphatic rings. The van der Waals surface area contributed by atoms with Crippen molar-refractivity contribution in [2.24, 2.45) is 4.99 Å². The summed E-state index contributed by atoms with van der Waals surface area (Å²) >= 11 is 0. The number of hydrogen-bond donors (Lipinski definition) is 3. The van der Waals surface area contributed by atoms with E-state index in [1.165, 1.54) is 19.2 Å². The van der Waals surface area contributed by atoms with Gasteiger partial charge < -0.3 is 16.0 Å². The monoisotopic (exact) mass is 368 g/mol. The smallest absolute Gasteiger partial charge is 0.243 e. The highest BCUT2D eigenvalue weighted by molar-refractivity contribution is 5.95. The van der Waals surface area contributed by atoms with Crippen LogP contribution in [-0.2, 0) is 11.3 Å². The van der Waals surface area contributed by atoms with Crippen molar-refractivity contribution in [2.45, 2.75) is 6.54 Å². The molecular weight excluding hydrogens is 352 g/mol. The summed E-state index contributed by atoms with van der Waals surface area (Å²) in [6.45, 7) is -0.0435. The third-order valence-corrected chi connectivity index (χ3v) is 3.30. The standard InChI is InChI=1S/C17H16F4N4O/c1-22-17(23-8-10-3-2-4-11(18)7-10)24-9-14(26)25-13-6-5-12(19)15(20)16(13)21/h2-7H,8-9H2,1H3,(H,25,26)(H2,22,23,24). The number of carbonyl (C=O) groups is 1. The maximum atomic E-state index is 13.5. The first-order valence-electron chi connectivity index (χ1n) is 7.53. The van der Waals surface area contributed by atoms with Crippen LogP contribution in [0.2, 0.25) is 0 Å². The SMILES string of the molecule is CN=C(NCC(=O)Nc1ccc(F)c(F)c1F)NCc1cccc(F)c1. The van der Waals surface area contributed by atoms with E-state index in [2.05, 4.69) is 20.9 Å². The number of nitrogens with zero attached hydrogens (tertiary/aromatic N) is 1. The zero-order chi connectivity index (χ0) is 19.1. The van der Waals surface area contributed by atoms with E-state index >= 15 is 0 Å².